The minimum absolute atomic E-state index is 0.206. The Kier molecular flexibility index (Phi) is 4.97. The third kappa shape index (κ3) is 3.73. The predicted octanol–water partition coefficient (Wildman–Crippen LogP) is 2.38. The maximum atomic E-state index is 12.3. The molecule has 1 heterocycles. The van der Waals surface area contributed by atoms with Gasteiger partial charge in [0.25, 0.3) is 10.7 Å². The highest BCUT2D eigenvalue weighted by molar-refractivity contribution is 7.71. The van der Waals surface area contributed by atoms with Gasteiger partial charge in [-0.25, -0.2) is 0 Å². The Balaban J connectivity index is 2.20. The molecule has 1 aromatic heterocycles. The first-order chi connectivity index (χ1) is 10.4. The van der Waals surface area contributed by atoms with E-state index in [0.29, 0.717) is 17.6 Å². The van der Waals surface area contributed by atoms with Crippen molar-refractivity contribution < 1.29 is 14.0 Å². The lowest BCUT2D eigenvalue weighted by Crippen LogP contribution is -2.46. The number of carbonyl (C=O) groups excluding carboxylic acids is 2. The molecule has 1 atom stereocenters. The van der Waals surface area contributed by atoms with E-state index < -0.39 is 6.04 Å². The first-order valence-electron chi connectivity index (χ1n) is 7.06. The van der Waals surface area contributed by atoms with Crippen molar-refractivity contribution in [1.29, 1.82) is 0 Å². The summed E-state index contributed by atoms with van der Waals surface area (Å²) in [5, 5.41) is 5.33. The molecule has 2 rings (SSSR count). The molecular formula is C15H19N3O3S. The van der Waals surface area contributed by atoms with Crippen LogP contribution in [0.2, 0.25) is 0 Å². The van der Waals surface area contributed by atoms with Gasteiger partial charge in [-0.2, -0.15) is 0 Å². The van der Waals surface area contributed by atoms with Crippen molar-refractivity contribution in [2.75, 3.05) is 7.05 Å². The quantitative estimate of drug-likeness (QED) is 0.738. The van der Waals surface area contributed by atoms with Crippen LogP contribution in [0.15, 0.2) is 22.6 Å². The van der Waals surface area contributed by atoms with Crippen molar-refractivity contribution in [3.63, 3.8) is 0 Å². The Morgan fingerprint density at radius 3 is 2.73 bits per heavy atom. The molecule has 0 spiro atoms. The predicted molar refractivity (Wildman–Crippen MR) is 86.2 cm³/mol. The van der Waals surface area contributed by atoms with Gasteiger partial charge in [-0.05, 0) is 42.8 Å². The average molecular weight is 321 g/mol. The summed E-state index contributed by atoms with van der Waals surface area (Å²) >= 11 is 4.91. The fraction of sp³-hybridized carbons (Fsp3) is 0.400. The zero-order chi connectivity index (χ0) is 16.3. The molecule has 0 aliphatic heterocycles. The van der Waals surface area contributed by atoms with Crippen LogP contribution in [0.4, 0.5) is 0 Å². The summed E-state index contributed by atoms with van der Waals surface area (Å²) in [4.78, 5) is 27.3. The lowest BCUT2D eigenvalue weighted by molar-refractivity contribution is -0.122. The number of H-pyrrole nitrogens is 1. The largest absolute Gasteiger partial charge is 0.429 e. The third-order valence-corrected chi connectivity index (χ3v) is 3.44. The summed E-state index contributed by atoms with van der Waals surface area (Å²) in [6, 6.07) is 4.42. The lowest BCUT2D eigenvalue weighted by Gasteiger charge is -2.19. The SMILES string of the molecule is CNC(=O)[C@@H](CC(C)C)NC(=O)c1ccc2[nH]c(=S)oc2c1. The summed E-state index contributed by atoms with van der Waals surface area (Å²) < 4.78 is 5.30. The van der Waals surface area contributed by atoms with E-state index in [1.54, 1.807) is 25.2 Å². The number of aromatic amines is 1. The van der Waals surface area contributed by atoms with Gasteiger partial charge in [0.05, 0.1) is 5.52 Å². The van der Waals surface area contributed by atoms with Crippen LogP contribution in [0.3, 0.4) is 0 Å². The summed E-state index contributed by atoms with van der Waals surface area (Å²) in [5.41, 5.74) is 1.66. The number of amides is 2. The van der Waals surface area contributed by atoms with Crippen molar-refractivity contribution in [3.05, 3.63) is 28.6 Å². The number of likely N-dealkylation sites (N-methyl/N-ethyl adjacent to an activating group) is 1. The summed E-state index contributed by atoms with van der Waals surface area (Å²) in [6.07, 6.45) is 0.568. The number of oxazole rings is 1. The Bertz CT molecular complexity index is 748. The molecule has 0 radical (unpaired) electrons. The molecule has 6 nitrogen and oxygen atoms in total. The minimum atomic E-state index is -0.564. The molecule has 2 aromatic rings. The van der Waals surface area contributed by atoms with Gasteiger partial charge in [-0.3, -0.25) is 9.59 Å². The second-order valence-corrected chi connectivity index (χ2v) is 5.87. The van der Waals surface area contributed by atoms with Crippen molar-refractivity contribution in [1.82, 2.24) is 15.6 Å². The maximum absolute atomic E-state index is 12.3. The van der Waals surface area contributed by atoms with Crippen molar-refractivity contribution >= 4 is 35.1 Å². The first-order valence-corrected chi connectivity index (χ1v) is 7.47. The van der Waals surface area contributed by atoms with Crippen LogP contribution >= 0.6 is 12.2 Å². The average Bonchev–Trinajstić information content (AvgIpc) is 2.84. The van der Waals surface area contributed by atoms with Crippen LogP contribution < -0.4 is 10.6 Å². The molecule has 22 heavy (non-hydrogen) atoms. The van der Waals surface area contributed by atoms with Crippen LogP contribution in [-0.2, 0) is 4.79 Å². The van der Waals surface area contributed by atoms with Gasteiger partial charge in [0.15, 0.2) is 5.58 Å². The van der Waals surface area contributed by atoms with E-state index in [9.17, 15) is 9.59 Å². The second-order valence-electron chi connectivity index (χ2n) is 5.50. The van der Waals surface area contributed by atoms with E-state index in [1.165, 1.54) is 0 Å². The molecule has 0 bridgehead atoms. The number of rotatable bonds is 5. The second kappa shape index (κ2) is 6.74. The van der Waals surface area contributed by atoms with Gasteiger partial charge in [0.2, 0.25) is 5.91 Å². The lowest BCUT2D eigenvalue weighted by atomic mass is 10.0. The zero-order valence-electron chi connectivity index (χ0n) is 12.7. The summed E-state index contributed by atoms with van der Waals surface area (Å²) in [7, 11) is 1.55. The summed E-state index contributed by atoms with van der Waals surface area (Å²) in [6.45, 7) is 4.00. The van der Waals surface area contributed by atoms with Gasteiger partial charge >= 0.3 is 0 Å². The van der Waals surface area contributed by atoms with E-state index >= 15 is 0 Å². The molecule has 118 valence electrons. The first kappa shape index (κ1) is 16.2. The number of fused-ring (bicyclic) bond motifs is 1. The van der Waals surface area contributed by atoms with E-state index in [1.807, 2.05) is 13.8 Å². The van der Waals surface area contributed by atoms with Gasteiger partial charge in [0, 0.05) is 12.6 Å². The van der Waals surface area contributed by atoms with Crippen LogP contribution in [0.1, 0.15) is 30.6 Å². The van der Waals surface area contributed by atoms with Crippen LogP contribution in [0, 0.1) is 10.8 Å². The number of hydrogen-bond donors (Lipinski definition) is 3. The van der Waals surface area contributed by atoms with Crippen molar-refractivity contribution in [2.24, 2.45) is 5.92 Å². The Morgan fingerprint density at radius 1 is 1.36 bits per heavy atom. The standard InChI is InChI=1S/C15H19N3O3S/c1-8(2)6-11(14(20)16-3)17-13(19)9-4-5-10-12(7-9)21-15(22)18-10/h4-5,7-8,11H,6H2,1-3H3,(H,16,20)(H,17,19)(H,18,22)/t11-/m1/s1. The summed E-state index contributed by atoms with van der Waals surface area (Å²) in [5.74, 6) is -0.242. The van der Waals surface area contributed by atoms with Crippen LogP contribution in [-0.4, -0.2) is 29.9 Å². The third-order valence-electron chi connectivity index (χ3n) is 3.26. The van der Waals surface area contributed by atoms with Gasteiger partial charge < -0.3 is 20.0 Å². The van der Waals surface area contributed by atoms with Crippen LogP contribution in [0.25, 0.3) is 11.1 Å². The number of aromatic nitrogens is 1. The number of hydrogen-bond acceptors (Lipinski definition) is 4. The zero-order valence-corrected chi connectivity index (χ0v) is 13.5. The van der Waals surface area contributed by atoms with E-state index in [2.05, 4.69) is 15.6 Å². The molecular weight excluding hydrogens is 302 g/mol. The number of carbonyl (C=O) groups is 2. The number of nitrogens with one attached hydrogen (secondary N) is 3. The fourth-order valence-electron chi connectivity index (χ4n) is 2.21. The van der Waals surface area contributed by atoms with Gasteiger partial charge in [-0.1, -0.05) is 13.8 Å². The molecule has 0 saturated heterocycles. The Morgan fingerprint density at radius 2 is 2.09 bits per heavy atom. The molecule has 0 saturated carbocycles. The maximum Gasteiger partial charge on any atom is 0.266 e. The highest BCUT2D eigenvalue weighted by Crippen LogP contribution is 2.16. The van der Waals surface area contributed by atoms with E-state index in [4.69, 9.17) is 16.6 Å². The molecule has 0 unspecified atom stereocenters. The van der Waals surface area contributed by atoms with Crippen molar-refractivity contribution in [2.45, 2.75) is 26.3 Å². The molecule has 0 aliphatic carbocycles. The number of benzene rings is 1. The van der Waals surface area contributed by atoms with Crippen molar-refractivity contribution in [3.8, 4) is 0 Å². The molecule has 1 aromatic carbocycles. The molecule has 3 N–H and O–H groups in total. The minimum Gasteiger partial charge on any atom is -0.429 e. The molecule has 7 heteroatoms. The topological polar surface area (TPSA) is 87.1 Å². The fourth-order valence-corrected chi connectivity index (χ4v) is 2.41. The normalized spacial score (nSPS) is 12.4. The molecule has 2 amide bonds. The van der Waals surface area contributed by atoms with E-state index in [-0.39, 0.29) is 22.6 Å². The van der Waals surface area contributed by atoms with E-state index in [0.717, 1.165) is 5.52 Å². The highest BCUT2D eigenvalue weighted by Gasteiger charge is 2.21. The smallest absolute Gasteiger partial charge is 0.266 e. The van der Waals surface area contributed by atoms with Gasteiger partial charge in [-0.15, -0.1) is 0 Å². The Labute approximate surface area is 133 Å². The Hall–Kier alpha value is -2.15. The molecule has 0 fully saturated rings. The van der Waals surface area contributed by atoms with Gasteiger partial charge in [0.1, 0.15) is 6.04 Å². The highest BCUT2D eigenvalue weighted by atomic mass is 32.1. The van der Waals surface area contributed by atoms with Crippen LogP contribution in [0.5, 0.6) is 0 Å². The molecule has 0 aliphatic rings. The monoisotopic (exact) mass is 321 g/mol.